The topological polar surface area (TPSA) is 46.3 Å². The molecule has 5 heteroatoms. The number of rotatable bonds is 3. The van der Waals surface area contributed by atoms with Crippen LogP contribution in [-0.2, 0) is 4.79 Å². The van der Waals surface area contributed by atoms with Crippen molar-refractivity contribution in [3.05, 3.63) is 24.0 Å². The van der Waals surface area contributed by atoms with Gasteiger partial charge in [-0.15, -0.1) is 11.8 Å². The van der Waals surface area contributed by atoms with E-state index in [9.17, 15) is 9.18 Å². The second-order valence-electron chi connectivity index (χ2n) is 4.06. The zero-order valence-corrected chi connectivity index (χ0v) is 10.3. The van der Waals surface area contributed by atoms with Crippen molar-refractivity contribution >= 4 is 23.4 Å². The van der Waals surface area contributed by atoms with E-state index in [1.165, 1.54) is 30.0 Å². The maximum atomic E-state index is 13.0. The molecule has 1 amide bonds. The fraction of sp³-hybridized carbons (Fsp3) is 0.417. The van der Waals surface area contributed by atoms with Gasteiger partial charge >= 0.3 is 0 Å². The number of hydrogen-bond donors (Lipinski definition) is 1. The maximum Gasteiger partial charge on any atom is 0.232 e. The number of nitrogens with zero attached hydrogens (tertiary/aromatic N) is 1. The predicted octanol–water partition coefficient (Wildman–Crippen LogP) is 2.12. The molecule has 1 aromatic carbocycles. The highest BCUT2D eigenvalue weighted by molar-refractivity contribution is 8.00. The van der Waals surface area contributed by atoms with Gasteiger partial charge in [0.1, 0.15) is 5.82 Å². The first-order chi connectivity index (χ1) is 8.16. The number of carbonyl (C=O) groups is 1. The molecule has 0 aliphatic carbocycles. The molecule has 0 atom stereocenters. The summed E-state index contributed by atoms with van der Waals surface area (Å²) in [5.74, 6) is 0.111. The average Bonchev–Trinajstić information content (AvgIpc) is 2.83. The lowest BCUT2D eigenvalue weighted by atomic mass is 10.3. The highest BCUT2D eigenvalue weighted by atomic mass is 32.2. The highest BCUT2D eigenvalue weighted by Gasteiger charge is 2.18. The van der Waals surface area contributed by atoms with E-state index >= 15 is 0 Å². The van der Waals surface area contributed by atoms with Gasteiger partial charge in [0.05, 0.1) is 5.75 Å². The maximum absolute atomic E-state index is 13.0. The van der Waals surface area contributed by atoms with Crippen LogP contribution in [0, 0.1) is 5.82 Å². The second kappa shape index (κ2) is 5.40. The number of anilines is 1. The molecule has 0 bridgehead atoms. The number of nitrogens with two attached hydrogens (primary N) is 1. The third-order valence-corrected chi connectivity index (χ3v) is 3.84. The zero-order valence-electron chi connectivity index (χ0n) is 9.49. The molecule has 17 heavy (non-hydrogen) atoms. The van der Waals surface area contributed by atoms with Crippen LogP contribution in [0.25, 0.3) is 0 Å². The summed E-state index contributed by atoms with van der Waals surface area (Å²) in [7, 11) is 0. The fourth-order valence-electron chi connectivity index (χ4n) is 1.83. The van der Waals surface area contributed by atoms with E-state index < -0.39 is 0 Å². The lowest BCUT2D eigenvalue weighted by Gasteiger charge is -2.15. The first-order valence-electron chi connectivity index (χ1n) is 5.62. The normalized spacial score (nSPS) is 15.2. The Morgan fingerprint density at radius 2 is 2.12 bits per heavy atom. The number of halogens is 1. The van der Waals surface area contributed by atoms with Crippen LogP contribution in [0.15, 0.2) is 23.1 Å². The molecule has 0 aromatic heterocycles. The Kier molecular flexibility index (Phi) is 3.89. The van der Waals surface area contributed by atoms with Crippen LogP contribution in [0.3, 0.4) is 0 Å². The molecule has 2 rings (SSSR count). The van der Waals surface area contributed by atoms with Crippen LogP contribution in [0.4, 0.5) is 10.1 Å². The van der Waals surface area contributed by atoms with Gasteiger partial charge in [0.25, 0.3) is 0 Å². The minimum Gasteiger partial charge on any atom is -0.398 e. The lowest BCUT2D eigenvalue weighted by Crippen LogP contribution is -2.29. The lowest BCUT2D eigenvalue weighted by molar-refractivity contribution is -0.127. The van der Waals surface area contributed by atoms with E-state index in [0.717, 1.165) is 25.9 Å². The number of benzene rings is 1. The van der Waals surface area contributed by atoms with Crippen LogP contribution in [0.2, 0.25) is 0 Å². The minimum atomic E-state index is -0.324. The third kappa shape index (κ3) is 3.12. The standard InChI is InChI=1S/C12H15FN2OS/c13-9-3-4-10(14)11(7-9)17-8-12(16)15-5-1-2-6-15/h3-4,7H,1-2,5-6,8,14H2. The van der Waals surface area contributed by atoms with Crippen LogP contribution in [0.1, 0.15) is 12.8 Å². The molecule has 1 aliphatic heterocycles. The van der Waals surface area contributed by atoms with E-state index in [1.807, 2.05) is 4.90 Å². The van der Waals surface area contributed by atoms with Crippen LogP contribution >= 0.6 is 11.8 Å². The average molecular weight is 254 g/mol. The van der Waals surface area contributed by atoms with Gasteiger partial charge in [-0.2, -0.15) is 0 Å². The summed E-state index contributed by atoms with van der Waals surface area (Å²) < 4.78 is 13.0. The molecular formula is C12H15FN2OS. The molecule has 1 fully saturated rings. The largest absolute Gasteiger partial charge is 0.398 e. The zero-order chi connectivity index (χ0) is 12.3. The molecule has 2 N–H and O–H groups in total. The summed E-state index contributed by atoms with van der Waals surface area (Å²) in [4.78, 5) is 14.3. The molecule has 0 radical (unpaired) electrons. The Balaban J connectivity index is 1.92. The van der Waals surface area contributed by atoms with Crippen molar-refractivity contribution in [2.75, 3.05) is 24.6 Å². The van der Waals surface area contributed by atoms with Gasteiger partial charge in [-0.25, -0.2) is 4.39 Å². The summed E-state index contributed by atoms with van der Waals surface area (Å²) >= 11 is 1.30. The van der Waals surface area contributed by atoms with Gasteiger partial charge in [-0.1, -0.05) is 0 Å². The van der Waals surface area contributed by atoms with Gasteiger partial charge in [0, 0.05) is 23.7 Å². The summed E-state index contributed by atoms with van der Waals surface area (Å²) in [5, 5.41) is 0. The highest BCUT2D eigenvalue weighted by Crippen LogP contribution is 2.26. The Bertz CT molecular complexity index is 419. The van der Waals surface area contributed by atoms with Crippen molar-refractivity contribution < 1.29 is 9.18 Å². The number of hydrogen-bond acceptors (Lipinski definition) is 3. The Labute approximate surface area is 104 Å². The number of thioether (sulfide) groups is 1. The van der Waals surface area contributed by atoms with E-state index in [2.05, 4.69) is 0 Å². The molecular weight excluding hydrogens is 239 g/mol. The van der Waals surface area contributed by atoms with E-state index in [0.29, 0.717) is 16.3 Å². The van der Waals surface area contributed by atoms with Crippen LogP contribution < -0.4 is 5.73 Å². The third-order valence-electron chi connectivity index (χ3n) is 2.79. The van der Waals surface area contributed by atoms with Crippen molar-refractivity contribution in [3.63, 3.8) is 0 Å². The molecule has 0 saturated carbocycles. The molecule has 0 unspecified atom stereocenters. The number of likely N-dealkylation sites (tertiary alicyclic amines) is 1. The van der Waals surface area contributed by atoms with Crippen molar-refractivity contribution in [2.24, 2.45) is 0 Å². The fourth-order valence-corrected chi connectivity index (χ4v) is 2.72. The van der Waals surface area contributed by atoms with Gasteiger partial charge in [-0.3, -0.25) is 4.79 Å². The first kappa shape index (κ1) is 12.2. The Morgan fingerprint density at radius 3 is 2.82 bits per heavy atom. The summed E-state index contributed by atoms with van der Waals surface area (Å²) in [6.07, 6.45) is 2.16. The van der Waals surface area contributed by atoms with Gasteiger partial charge < -0.3 is 10.6 Å². The summed E-state index contributed by atoms with van der Waals surface area (Å²) in [6.45, 7) is 1.69. The monoisotopic (exact) mass is 254 g/mol. The number of nitrogen functional groups attached to an aromatic ring is 1. The molecule has 1 aromatic rings. The van der Waals surface area contributed by atoms with Crippen LogP contribution in [-0.4, -0.2) is 29.6 Å². The Morgan fingerprint density at radius 1 is 1.41 bits per heavy atom. The molecule has 1 heterocycles. The van der Waals surface area contributed by atoms with E-state index in [-0.39, 0.29) is 11.7 Å². The summed E-state index contributed by atoms with van der Waals surface area (Å²) in [6, 6.07) is 4.22. The van der Waals surface area contributed by atoms with E-state index in [1.54, 1.807) is 0 Å². The number of carbonyl (C=O) groups excluding carboxylic acids is 1. The van der Waals surface area contributed by atoms with Gasteiger partial charge in [0.2, 0.25) is 5.91 Å². The van der Waals surface area contributed by atoms with Crippen LogP contribution in [0.5, 0.6) is 0 Å². The summed E-state index contributed by atoms with van der Waals surface area (Å²) in [5.41, 5.74) is 6.24. The smallest absolute Gasteiger partial charge is 0.232 e. The van der Waals surface area contributed by atoms with Crippen molar-refractivity contribution in [1.82, 2.24) is 4.90 Å². The van der Waals surface area contributed by atoms with Crippen molar-refractivity contribution in [2.45, 2.75) is 17.7 Å². The number of amides is 1. The molecule has 3 nitrogen and oxygen atoms in total. The van der Waals surface area contributed by atoms with E-state index in [4.69, 9.17) is 5.73 Å². The van der Waals surface area contributed by atoms with Gasteiger partial charge in [-0.05, 0) is 31.0 Å². The minimum absolute atomic E-state index is 0.108. The predicted molar refractivity (Wildman–Crippen MR) is 67.4 cm³/mol. The Hall–Kier alpha value is -1.23. The van der Waals surface area contributed by atoms with Crippen molar-refractivity contribution in [1.29, 1.82) is 0 Å². The molecule has 1 saturated heterocycles. The molecule has 1 aliphatic rings. The van der Waals surface area contributed by atoms with Gasteiger partial charge in [0.15, 0.2) is 0 Å². The molecule has 92 valence electrons. The molecule has 0 spiro atoms. The quantitative estimate of drug-likeness (QED) is 0.664. The van der Waals surface area contributed by atoms with Crippen molar-refractivity contribution in [3.8, 4) is 0 Å². The second-order valence-corrected chi connectivity index (χ2v) is 5.08. The first-order valence-corrected chi connectivity index (χ1v) is 6.61. The SMILES string of the molecule is Nc1ccc(F)cc1SCC(=O)N1CCCC1.